The van der Waals surface area contributed by atoms with Gasteiger partial charge in [-0.1, -0.05) is 0 Å². The van der Waals surface area contributed by atoms with E-state index in [1.165, 1.54) is 6.92 Å². The molecule has 2 aliphatic rings. The molecule has 0 aliphatic carbocycles. The maximum atomic E-state index is 13.0. The van der Waals surface area contributed by atoms with Crippen molar-refractivity contribution < 1.29 is 13.2 Å². The van der Waals surface area contributed by atoms with E-state index in [-0.39, 0.29) is 18.0 Å². The first-order valence-electron chi connectivity index (χ1n) is 7.98. The predicted octanol–water partition coefficient (Wildman–Crippen LogP) is 0.967. The summed E-state index contributed by atoms with van der Waals surface area (Å²) in [4.78, 5) is 13.6. The molecule has 1 aromatic rings. The number of carbonyl (C=O) groups is 1. The Balaban J connectivity index is 1.94. The number of sulfonamides is 1. The average molecular weight is 337 g/mol. The minimum atomic E-state index is -3.51. The summed E-state index contributed by atoms with van der Waals surface area (Å²) in [7, 11) is -3.51. The third-order valence-electron chi connectivity index (χ3n) is 4.91. The first kappa shape index (κ1) is 16.4. The molecule has 1 amide bonds. The minimum absolute atomic E-state index is 0.0103. The lowest BCUT2D eigenvalue weighted by molar-refractivity contribution is -0.116. The van der Waals surface area contributed by atoms with Crippen LogP contribution in [0.2, 0.25) is 0 Å². The van der Waals surface area contributed by atoms with E-state index < -0.39 is 10.0 Å². The second-order valence-corrected chi connectivity index (χ2v) is 8.20. The molecule has 1 saturated heterocycles. The highest BCUT2D eigenvalue weighted by atomic mass is 32.2. The molecular formula is C16H23N3O3S. The third-order valence-corrected chi connectivity index (χ3v) is 6.89. The van der Waals surface area contributed by atoms with Gasteiger partial charge in [0, 0.05) is 44.3 Å². The third kappa shape index (κ3) is 2.77. The fourth-order valence-electron chi connectivity index (χ4n) is 3.37. The number of piperazine rings is 1. The number of hydrogen-bond acceptors (Lipinski definition) is 4. The van der Waals surface area contributed by atoms with E-state index >= 15 is 0 Å². The predicted molar refractivity (Wildman–Crippen MR) is 89.0 cm³/mol. The zero-order chi connectivity index (χ0) is 16.8. The zero-order valence-corrected chi connectivity index (χ0v) is 14.6. The Kier molecular flexibility index (Phi) is 4.20. The van der Waals surface area contributed by atoms with Gasteiger partial charge in [0.2, 0.25) is 15.9 Å². The van der Waals surface area contributed by atoms with Crippen LogP contribution in [0.25, 0.3) is 0 Å². The molecule has 0 spiro atoms. The van der Waals surface area contributed by atoms with Crippen molar-refractivity contribution in [3.05, 3.63) is 23.8 Å². The SMILES string of the molecule is CC(=O)N1CCc2cc(S(=O)(=O)N3CCNC(C)C3C)ccc21. The van der Waals surface area contributed by atoms with Crippen molar-refractivity contribution >= 4 is 21.6 Å². The highest BCUT2D eigenvalue weighted by Crippen LogP contribution is 2.32. The molecule has 3 rings (SSSR count). The molecule has 7 heteroatoms. The van der Waals surface area contributed by atoms with E-state index in [0.29, 0.717) is 31.0 Å². The van der Waals surface area contributed by atoms with Gasteiger partial charge in [0.05, 0.1) is 4.90 Å². The number of fused-ring (bicyclic) bond motifs is 1. The first-order chi connectivity index (χ1) is 10.8. The van der Waals surface area contributed by atoms with Crippen LogP contribution in [0.1, 0.15) is 26.3 Å². The van der Waals surface area contributed by atoms with Crippen molar-refractivity contribution in [1.82, 2.24) is 9.62 Å². The molecule has 0 saturated carbocycles. The van der Waals surface area contributed by atoms with Gasteiger partial charge in [0.1, 0.15) is 0 Å². The summed E-state index contributed by atoms with van der Waals surface area (Å²) < 4.78 is 27.5. The molecule has 0 aromatic heterocycles. The van der Waals surface area contributed by atoms with Gasteiger partial charge in [0.15, 0.2) is 0 Å². The van der Waals surface area contributed by atoms with E-state index in [4.69, 9.17) is 0 Å². The smallest absolute Gasteiger partial charge is 0.243 e. The van der Waals surface area contributed by atoms with Crippen LogP contribution < -0.4 is 10.2 Å². The number of nitrogens with zero attached hydrogens (tertiary/aromatic N) is 2. The van der Waals surface area contributed by atoms with Gasteiger partial charge in [0.25, 0.3) is 0 Å². The van der Waals surface area contributed by atoms with Crippen LogP contribution in [-0.2, 0) is 21.2 Å². The van der Waals surface area contributed by atoms with Gasteiger partial charge in [-0.25, -0.2) is 8.42 Å². The molecule has 2 atom stereocenters. The van der Waals surface area contributed by atoms with Crippen LogP contribution in [0.3, 0.4) is 0 Å². The number of hydrogen-bond donors (Lipinski definition) is 1. The lowest BCUT2D eigenvalue weighted by Crippen LogP contribution is -2.57. The molecule has 0 bridgehead atoms. The van der Waals surface area contributed by atoms with Crippen molar-refractivity contribution in [2.45, 2.75) is 44.2 Å². The Hall–Kier alpha value is -1.44. The van der Waals surface area contributed by atoms with Crippen molar-refractivity contribution in [1.29, 1.82) is 0 Å². The second kappa shape index (κ2) is 5.89. The molecule has 1 aromatic carbocycles. The molecule has 2 aliphatic heterocycles. The van der Waals surface area contributed by atoms with Crippen LogP contribution >= 0.6 is 0 Å². The van der Waals surface area contributed by atoms with Crippen LogP contribution in [0.5, 0.6) is 0 Å². The second-order valence-electron chi connectivity index (χ2n) is 6.31. The molecule has 23 heavy (non-hydrogen) atoms. The van der Waals surface area contributed by atoms with Crippen molar-refractivity contribution in [3.8, 4) is 0 Å². The summed E-state index contributed by atoms with van der Waals surface area (Å²) in [6, 6.07) is 5.14. The maximum absolute atomic E-state index is 13.0. The van der Waals surface area contributed by atoms with Crippen molar-refractivity contribution in [2.24, 2.45) is 0 Å². The monoisotopic (exact) mass is 337 g/mol. The molecule has 1 N–H and O–H groups in total. The van der Waals surface area contributed by atoms with Crippen LogP contribution in [0.4, 0.5) is 5.69 Å². The molecule has 2 heterocycles. The standard InChI is InChI=1S/C16H23N3O3S/c1-11-12(2)19(9-7-17-11)23(21,22)15-4-5-16-14(10-15)6-8-18(16)13(3)20/h4-5,10-12,17H,6-9H2,1-3H3. The largest absolute Gasteiger partial charge is 0.312 e. The molecule has 2 unspecified atom stereocenters. The molecule has 126 valence electrons. The Morgan fingerprint density at radius 1 is 1.26 bits per heavy atom. The Labute approximate surface area is 137 Å². The fourth-order valence-corrected chi connectivity index (χ4v) is 5.12. The number of amides is 1. The molecule has 0 radical (unpaired) electrons. The summed E-state index contributed by atoms with van der Waals surface area (Å²) >= 11 is 0. The fraction of sp³-hybridized carbons (Fsp3) is 0.562. The minimum Gasteiger partial charge on any atom is -0.312 e. The summed E-state index contributed by atoms with van der Waals surface area (Å²) in [5.41, 5.74) is 1.76. The van der Waals surface area contributed by atoms with Gasteiger partial charge in [-0.2, -0.15) is 4.31 Å². The van der Waals surface area contributed by atoms with Crippen LogP contribution in [0.15, 0.2) is 23.1 Å². The van der Waals surface area contributed by atoms with Crippen LogP contribution in [0, 0.1) is 0 Å². The Morgan fingerprint density at radius 2 is 2.00 bits per heavy atom. The average Bonchev–Trinajstić information content (AvgIpc) is 2.93. The van der Waals surface area contributed by atoms with Crippen molar-refractivity contribution in [2.75, 3.05) is 24.5 Å². The number of rotatable bonds is 2. The van der Waals surface area contributed by atoms with E-state index in [0.717, 1.165) is 11.3 Å². The molecule has 6 nitrogen and oxygen atoms in total. The summed E-state index contributed by atoms with van der Waals surface area (Å²) in [6.45, 7) is 7.22. The normalized spacial score (nSPS) is 25.4. The van der Waals surface area contributed by atoms with Gasteiger partial charge >= 0.3 is 0 Å². The van der Waals surface area contributed by atoms with Gasteiger partial charge < -0.3 is 10.2 Å². The van der Waals surface area contributed by atoms with Gasteiger partial charge in [-0.3, -0.25) is 4.79 Å². The first-order valence-corrected chi connectivity index (χ1v) is 9.42. The quantitative estimate of drug-likeness (QED) is 0.873. The van der Waals surface area contributed by atoms with E-state index in [1.807, 2.05) is 13.8 Å². The van der Waals surface area contributed by atoms with Crippen LogP contribution in [-0.4, -0.2) is 50.3 Å². The van der Waals surface area contributed by atoms with E-state index in [9.17, 15) is 13.2 Å². The highest BCUT2D eigenvalue weighted by Gasteiger charge is 2.35. The molecular weight excluding hydrogens is 314 g/mol. The van der Waals surface area contributed by atoms with Gasteiger partial charge in [-0.05, 0) is 44.0 Å². The zero-order valence-electron chi connectivity index (χ0n) is 13.7. The van der Waals surface area contributed by atoms with Crippen molar-refractivity contribution in [3.63, 3.8) is 0 Å². The Bertz CT molecular complexity index is 732. The Morgan fingerprint density at radius 3 is 2.70 bits per heavy atom. The number of carbonyl (C=O) groups excluding carboxylic acids is 1. The van der Waals surface area contributed by atoms with Gasteiger partial charge in [-0.15, -0.1) is 0 Å². The van der Waals surface area contributed by atoms with E-state index in [2.05, 4.69) is 5.32 Å². The highest BCUT2D eigenvalue weighted by molar-refractivity contribution is 7.89. The van der Waals surface area contributed by atoms with E-state index in [1.54, 1.807) is 27.4 Å². The molecule has 1 fully saturated rings. The number of benzene rings is 1. The number of anilines is 1. The summed E-state index contributed by atoms with van der Waals surface area (Å²) in [5.74, 6) is -0.0103. The lowest BCUT2D eigenvalue weighted by Gasteiger charge is -2.37. The number of nitrogens with one attached hydrogen (secondary N) is 1. The topological polar surface area (TPSA) is 69.7 Å². The lowest BCUT2D eigenvalue weighted by atomic mass is 10.1. The summed E-state index contributed by atoms with van der Waals surface area (Å²) in [6.07, 6.45) is 0.700. The summed E-state index contributed by atoms with van der Waals surface area (Å²) in [5, 5.41) is 3.29. The maximum Gasteiger partial charge on any atom is 0.243 e.